The molecular weight excluding hydrogens is 324 g/mol. The van der Waals surface area contributed by atoms with Crippen molar-refractivity contribution in [2.45, 2.75) is 38.9 Å². The Bertz CT molecular complexity index is 801. The number of ether oxygens (including phenoxy) is 2. The molecule has 0 aliphatic carbocycles. The average Bonchev–Trinajstić information content (AvgIpc) is 2.66. The van der Waals surface area contributed by atoms with Crippen molar-refractivity contribution in [1.29, 1.82) is 0 Å². The van der Waals surface area contributed by atoms with E-state index in [1.807, 2.05) is 19.9 Å². The van der Waals surface area contributed by atoms with Crippen LogP contribution in [0.25, 0.3) is 0 Å². The largest absolute Gasteiger partial charge is 0.419 e. The third-order valence-corrected chi connectivity index (χ3v) is 4.37. The first-order valence-corrected chi connectivity index (χ1v) is 7.89. The van der Waals surface area contributed by atoms with Crippen molar-refractivity contribution in [3.05, 3.63) is 35.5 Å². The molecule has 132 valence electrons. The van der Waals surface area contributed by atoms with Gasteiger partial charge < -0.3 is 19.7 Å². The molecule has 7 nitrogen and oxygen atoms in total. The van der Waals surface area contributed by atoms with Gasteiger partial charge in [-0.05, 0) is 31.5 Å². The Kier molecular flexibility index (Phi) is 3.63. The predicted molar refractivity (Wildman–Crippen MR) is 90.8 cm³/mol. The molecule has 0 radical (unpaired) electrons. The van der Waals surface area contributed by atoms with Crippen LogP contribution in [0, 0.1) is 0 Å². The van der Waals surface area contributed by atoms with E-state index in [0.717, 1.165) is 11.3 Å². The molecule has 0 unspecified atom stereocenters. The molecule has 0 saturated carbocycles. The van der Waals surface area contributed by atoms with Gasteiger partial charge in [-0.1, -0.05) is 6.07 Å². The van der Waals surface area contributed by atoms with Crippen LogP contribution in [0.1, 0.15) is 33.3 Å². The minimum Gasteiger partial charge on any atom is -0.419 e. The Morgan fingerprint density at radius 3 is 2.24 bits per heavy atom. The Morgan fingerprint density at radius 2 is 1.64 bits per heavy atom. The number of nitrogens with one attached hydrogen (secondary N) is 1. The summed E-state index contributed by atoms with van der Waals surface area (Å²) >= 11 is 0. The molecule has 7 heteroatoms. The number of rotatable bonds is 2. The lowest BCUT2D eigenvalue weighted by atomic mass is 9.86. The van der Waals surface area contributed by atoms with Crippen LogP contribution in [0.3, 0.4) is 0 Å². The van der Waals surface area contributed by atoms with Crippen molar-refractivity contribution >= 4 is 29.2 Å². The molecule has 0 aromatic heterocycles. The molecule has 0 spiro atoms. The fourth-order valence-electron chi connectivity index (χ4n) is 3.01. The molecule has 3 rings (SSSR count). The number of nitrogens with zero attached hydrogens (tertiary/aromatic N) is 1. The molecule has 1 fully saturated rings. The highest BCUT2D eigenvalue weighted by Gasteiger charge is 2.42. The number of hydrogen-bond acceptors (Lipinski definition) is 6. The molecule has 2 aliphatic heterocycles. The highest BCUT2D eigenvalue weighted by molar-refractivity contribution is 6.15. The molecule has 1 amide bonds. The van der Waals surface area contributed by atoms with Gasteiger partial charge in [0.05, 0.1) is 5.41 Å². The summed E-state index contributed by atoms with van der Waals surface area (Å²) in [5.41, 5.74) is 1.55. The van der Waals surface area contributed by atoms with Gasteiger partial charge in [0.2, 0.25) is 5.91 Å². The lowest BCUT2D eigenvalue weighted by molar-refractivity contribution is -0.222. The van der Waals surface area contributed by atoms with Crippen molar-refractivity contribution in [2.24, 2.45) is 0 Å². The number of anilines is 2. The first-order chi connectivity index (χ1) is 11.5. The van der Waals surface area contributed by atoms with E-state index in [-0.39, 0.29) is 11.5 Å². The summed E-state index contributed by atoms with van der Waals surface area (Å²) in [6, 6.07) is 5.44. The fourth-order valence-corrected chi connectivity index (χ4v) is 3.01. The summed E-state index contributed by atoms with van der Waals surface area (Å²) in [5, 5.41) is 2.89. The SMILES string of the molecule is CN1C(=O)C(C)(C)c2ccc(NC=C3C(=O)OC(C)(C)OC3=O)cc21. The minimum absolute atomic E-state index is 0.0136. The first-order valence-electron chi connectivity index (χ1n) is 7.89. The maximum absolute atomic E-state index is 12.3. The first kappa shape index (κ1) is 17.0. The molecule has 25 heavy (non-hydrogen) atoms. The number of carbonyl (C=O) groups excluding carboxylic acids is 3. The van der Waals surface area contributed by atoms with Crippen molar-refractivity contribution < 1.29 is 23.9 Å². The van der Waals surface area contributed by atoms with Gasteiger partial charge in [0.25, 0.3) is 5.79 Å². The van der Waals surface area contributed by atoms with Crippen LogP contribution in [0.2, 0.25) is 0 Å². The Balaban J connectivity index is 1.85. The van der Waals surface area contributed by atoms with Crippen molar-refractivity contribution in [1.82, 2.24) is 0 Å². The maximum Gasteiger partial charge on any atom is 0.350 e. The zero-order valence-corrected chi connectivity index (χ0v) is 14.8. The number of hydrogen-bond donors (Lipinski definition) is 1. The summed E-state index contributed by atoms with van der Waals surface area (Å²) in [6.07, 6.45) is 1.25. The molecule has 2 aliphatic rings. The molecule has 0 atom stereocenters. The van der Waals surface area contributed by atoms with Crippen LogP contribution in [-0.4, -0.2) is 30.7 Å². The summed E-state index contributed by atoms with van der Waals surface area (Å²) in [5.74, 6) is -2.75. The summed E-state index contributed by atoms with van der Waals surface area (Å²) in [7, 11) is 1.72. The third kappa shape index (κ3) is 2.75. The number of cyclic esters (lactones) is 2. The van der Waals surface area contributed by atoms with Crippen LogP contribution < -0.4 is 10.2 Å². The third-order valence-electron chi connectivity index (χ3n) is 4.37. The monoisotopic (exact) mass is 344 g/mol. The second-order valence-corrected chi connectivity index (χ2v) is 7.10. The van der Waals surface area contributed by atoms with E-state index in [2.05, 4.69) is 5.32 Å². The number of carbonyl (C=O) groups is 3. The van der Waals surface area contributed by atoms with E-state index >= 15 is 0 Å². The van der Waals surface area contributed by atoms with Crippen molar-refractivity contribution in [3.63, 3.8) is 0 Å². The lowest BCUT2D eigenvalue weighted by Gasteiger charge is -2.29. The minimum atomic E-state index is -1.27. The second kappa shape index (κ2) is 5.34. The fraction of sp³-hybridized carbons (Fsp3) is 0.389. The highest BCUT2D eigenvalue weighted by atomic mass is 16.7. The molecule has 1 aromatic carbocycles. The smallest absolute Gasteiger partial charge is 0.350 e. The summed E-state index contributed by atoms with van der Waals surface area (Å²) in [4.78, 5) is 37.8. The van der Waals surface area contributed by atoms with Crippen molar-refractivity contribution in [2.75, 3.05) is 17.3 Å². The van der Waals surface area contributed by atoms with Gasteiger partial charge in [-0.15, -0.1) is 0 Å². The zero-order valence-electron chi connectivity index (χ0n) is 14.8. The zero-order chi connectivity index (χ0) is 18.6. The number of esters is 2. The second-order valence-electron chi connectivity index (χ2n) is 7.10. The normalized spacial score (nSPS) is 20.8. The Hall–Kier alpha value is -2.83. The number of amides is 1. The van der Waals surface area contributed by atoms with Gasteiger partial charge in [0.1, 0.15) is 0 Å². The quantitative estimate of drug-likeness (QED) is 0.502. The molecule has 1 N–H and O–H groups in total. The molecule has 1 saturated heterocycles. The molecule has 1 aromatic rings. The van der Waals surface area contributed by atoms with E-state index in [0.29, 0.717) is 5.69 Å². The van der Waals surface area contributed by atoms with Crippen LogP contribution in [0.15, 0.2) is 30.0 Å². The predicted octanol–water partition coefficient (Wildman–Crippen LogP) is 2.07. The molecule has 2 heterocycles. The van der Waals surface area contributed by atoms with Gasteiger partial charge in [-0.3, -0.25) is 4.79 Å². The van der Waals surface area contributed by atoms with Crippen LogP contribution in [0.4, 0.5) is 11.4 Å². The van der Waals surface area contributed by atoms with Gasteiger partial charge in [0.15, 0.2) is 5.57 Å². The molecule has 0 bridgehead atoms. The Morgan fingerprint density at radius 1 is 1.04 bits per heavy atom. The number of fused-ring (bicyclic) bond motifs is 1. The van der Waals surface area contributed by atoms with Gasteiger partial charge >= 0.3 is 11.9 Å². The van der Waals surface area contributed by atoms with Crippen LogP contribution in [0.5, 0.6) is 0 Å². The summed E-state index contributed by atoms with van der Waals surface area (Å²) < 4.78 is 10.1. The van der Waals surface area contributed by atoms with Gasteiger partial charge in [0, 0.05) is 38.5 Å². The van der Waals surface area contributed by atoms with Gasteiger partial charge in [-0.25, -0.2) is 9.59 Å². The summed E-state index contributed by atoms with van der Waals surface area (Å²) in [6.45, 7) is 6.73. The Labute approximate surface area is 145 Å². The van der Waals surface area contributed by atoms with E-state index in [4.69, 9.17) is 9.47 Å². The van der Waals surface area contributed by atoms with E-state index in [1.165, 1.54) is 20.0 Å². The van der Waals surface area contributed by atoms with Crippen LogP contribution in [-0.2, 0) is 29.3 Å². The number of benzene rings is 1. The standard InChI is InChI=1S/C18H20N2O5/c1-17(2)12-7-6-10(8-13(12)20(5)16(17)23)19-9-11-14(21)24-18(3,4)25-15(11)22/h6-9,19H,1-5H3. The van der Waals surface area contributed by atoms with E-state index in [1.54, 1.807) is 24.1 Å². The van der Waals surface area contributed by atoms with E-state index in [9.17, 15) is 14.4 Å². The number of likely N-dealkylation sites (N-methyl/N-ethyl adjacent to an activating group) is 1. The van der Waals surface area contributed by atoms with Crippen LogP contribution >= 0.6 is 0 Å². The van der Waals surface area contributed by atoms with E-state index < -0.39 is 23.1 Å². The maximum atomic E-state index is 12.3. The highest BCUT2D eigenvalue weighted by Crippen LogP contribution is 2.41. The topological polar surface area (TPSA) is 84.9 Å². The average molecular weight is 344 g/mol. The molecular formula is C18H20N2O5. The lowest BCUT2D eigenvalue weighted by Crippen LogP contribution is -2.42. The van der Waals surface area contributed by atoms with Gasteiger partial charge in [-0.2, -0.15) is 0 Å². The van der Waals surface area contributed by atoms with Crippen molar-refractivity contribution in [3.8, 4) is 0 Å².